The van der Waals surface area contributed by atoms with Crippen molar-refractivity contribution in [1.82, 2.24) is 0 Å². The molecule has 30 heavy (non-hydrogen) atoms. The Balaban J connectivity index is 2.19. The van der Waals surface area contributed by atoms with E-state index in [-0.39, 0.29) is 22.3 Å². The zero-order valence-corrected chi connectivity index (χ0v) is 16.5. The molecule has 11 heteroatoms. The molecule has 0 aliphatic rings. The molecule has 0 bridgehead atoms. The van der Waals surface area contributed by atoms with Gasteiger partial charge >= 0.3 is 17.7 Å². The van der Waals surface area contributed by atoms with Crippen molar-refractivity contribution in [2.24, 2.45) is 4.99 Å². The lowest BCUT2D eigenvalue weighted by atomic mass is 10.2. The summed E-state index contributed by atoms with van der Waals surface area (Å²) in [6.45, 7) is 3.13. The molecule has 0 aliphatic carbocycles. The van der Waals surface area contributed by atoms with Crippen LogP contribution >= 0.6 is 11.8 Å². The third kappa shape index (κ3) is 6.41. The largest absolute Gasteiger partial charge is 0.474 e. The third-order valence-electron chi connectivity index (χ3n) is 3.34. The highest BCUT2D eigenvalue weighted by Gasteiger charge is 2.41. The molecule has 0 heterocycles. The lowest BCUT2D eigenvalue weighted by Gasteiger charge is -2.15. The van der Waals surface area contributed by atoms with Crippen molar-refractivity contribution >= 4 is 29.4 Å². The second-order valence-electron chi connectivity index (χ2n) is 6.10. The number of carbonyl (C=O) groups excluding carboxylic acids is 1. The Hall–Kier alpha value is -2.69. The van der Waals surface area contributed by atoms with Gasteiger partial charge in [-0.2, -0.15) is 13.8 Å². The van der Waals surface area contributed by atoms with E-state index in [0.717, 1.165) is 30.3 Å². The Morgan fingerprint density at radius 3 is 2.13 bits per heavy atom. The number of rotatable bonds is 6. The number of urea groups is 1. The highest BCUT2D eigenvalue weighted by molar-refractivity contribution is 8.00. The maximum absolute atomic E-state index is 14.0. The number of alkyl halides is 4. The molecule has 0 aliphatic heterocycles. The molecule has 4 nitrogen and oxygen atoms in total. The molecule has 0 fully saturated rings. The molecule has 1 N–H and O–H groups in total. The standard InChI is InChI=1S/C19H16F6N2O2S/c1-10(2)29-16(15-13(20)4-3-5-14(15)21)27-18(28)26-11-6-8-12(9-7-11)30-19(24,25)17(22)23/h3-10,17H,1-2H3,(H,26,28). The molecule has 0 saturated heterocycles. The van der Waals surface area contributed by atoms with Crippen molar-refractivity contribution in [3.63, 3.8) is 0 Å². The summed E-state index contributed by atoms with van der Waals surface area (Å²) in [6, 6.07) is 6.60. The lowest BCUT2D eigenvalue weighted by molar-refractivity contribution is -0.0563. The summed E-state index contributed by atoms with van der Waals surface area (Å²) in [5.74, 6) is -2.55. The first-order chi connectivity index (χ1) is 14.0. The number of anilines is 1. The van der Waals surface area contributed by atoms with Crippen LogP contribution in [-0.4, -0.2) is 29.7 Å². The van der Waals surface area contributed by atoms with E-state index in [1.54, 1.807) is 13.8 Å². The molecule has 0 spiro atoms. The van der Waals surface area contributed by atoms with E-state index in [4.69, 9.17) is 4.74 Å². The van der Waals surface area contributed by atoms with Gasteiger partial charge in [0.15, 0.2) is 0 Å². The molecule has 2 amide bonds. The summed E-state index contributed by atoms with van der Waals surface area (Å²) in [5, 5.41) is -1.99. The number of nitrogens with zero attached hydrogens (tertiary/aromatic N) is 1. The van der Waals surface area contributed by atoms with Gasteiger partial charge < -0.3 is 10.1 Å². The fourth-order valence-corrected chi connectivity index (χ4v) is 2.79. The lowest BCUT2D eigenvalue weighted by Crippen LogP contribution is -2.21. The Morgan fingerprint density at radius 2 is 1.63 bits per heavy atom. The van der Waals surface area contributed by atoms with Crippen molar-refractivity contribution in [3.05, 3.63) is 59.7 Å². The first-order valence-corrected chi connectivity index (χ1v) is 9.27. The molecule has 162 valence electrons. The minimum atomic E-state index is -4.26. The van der Waals surface area contributed by atoms with Crippen LogP contribution in [0.3, 0.4) is 0 Å². The van der Waals surface area contributed by atoms with Crippen LogP contribution in [0.4, 0.5) is 36.8 Å². The summed E-state index contributed by atoms with van der Waals surface area (Å²) in [7, 11) is 0. The fourth-order valence-electron chi connectivity index (χ4n) is 2.12. The fraction of sp³-hybridized carbons (Fsp3) is 0.263. The summed E-state index contributed by atoms with van der Waals surface area (Å²) in [5.41, 5.74) is -0.534. The number of ether oxygens (including phenoxy) is 1. The Kier molecular flexibility index (Phi) is 7.77. The quantitative estimate of drug-likeness (QED) is 0.243. The van der Waals surface area contributed by atoms with Gasteiger partial charge in [-0.25, -0.2) is 22.4 Å². The highest BCUT2D eigenvalue weighted by Crippen LogP contribution is 2.40. The van der Waals surface area contributed by atoms with Gasteiger partial charge in [0.05, 0.1) is 6.10 Å². The summed E-state index contributed by atoms with van der Waals surface area (Å²) >= 11 is -0.327. The molecule has 0 saturated carbocycles. The number of amides is 2. The van der Waals surface area contributed by atoms with Gasteiger partial charge in [-0.3, -0.25) is 0 Å². The van der Waals surface area contributed by atoms with E-state index in [0.29, 0.717) is 0 Å². The predicted molar refractivity (Wildman–Crippen MR) is 101 cm³/mol. The Bertz CT molecular complexity index is 899. The molecular weight excluding hydrogens is 434 g/mol. The van der Waals surface area contributed by atoms with Crippen molar-refractivity contribution in [2.45, 2.75) is 36.5 Å². The Morgan fingerprint density at radius 1 is 1.07 bits per heavy atom. The van der Waals surface area contributed by atoms with Crippen LogP contribution in [0, 0.1) is 11.6 Å². The molecule has 2 aromatic rings. The van der Waals surface area contributed by atoms with Crippen LogP contribution in [0.15, 0.2) is 52.4 Å². The summed E-state index contributed by atoms with van der Waals surface area (Å²) in [6.07, 6.45) is -4.39. The zero-order valence-electron chi connectivity index (χ0n) is 15.6. The highest BCUT2D eigenvalue weighted by atomic mass is 32.2. The van der Waals surface area contributed by atoms with E-state index in [2.05, 4.69) is 10.3 Å². The molecule has 2 aromatic carbocycles. The number of hydrogen-bond donors (Lipinski definition) is 1. The number of halogens is 6. The van der Waals surface area contributed by atoms with Crippen LogP contribution in [0.25, 0.3) is 0 Å². The molecule has 0 aromatic heterocycles. The van der Waals surface area contributed by atoms with Crippen LogP contribution < -0.4 is 5.32 Å². The monoisotopic (exact) mass is 450 g/mol. The van der Waals surface area contributed by atoms with Crippen molar-refractivity contribution in [1.29, 1.82) is 0 Å². The van der Waals surface area contributed by atoms with Gasteiger partial charge in [0.2, 0.25) is 5.90 Å². The minimum absolute atomic E-state index is 0.0892. The van der Waals surface area contributed by atoms with Crippen LogP contribution in [0.1, 0.15) is 19.4 Å². The van der Waals surface area contributed by atoms with Gasteiger partial charge in [0, 0.05) is 10.6 Å². The van der Waals surface area contributed by atoms with Crippen LogP contribution in [0.5, 0.6) is 0 Å². The topological polar surface area (TPSA) is 50.7 Å². The average Bonchev–Trinajstić information content (AvgIpc) is 2.62. The molecule has 0 radical (unpaired) electrons. The molecule has 0 atom stereocenters. The van der Waals surface area contributed by atoms with Gasteiger partial charge in [-0.15, -0.1) is 0 Å². The van der Waals surface area contributed by atoms with E-state index in [9.17, 15) is 31.1 Å². The maximum atomic E-state index is 14.0. The van der Waals surface area contributed by atoms with E-state index < -0.39 is 46.9 Å². The van der Waals surface area contributed by atoms with Crippen LogP contribution in [-0.2, 0) is 4.74 Å². The van der Waals surface area contributed by atoms with Gasteiger partial charge in [-0.1, -0.05) is 6.07 Å². The van der Waals surface area contributed by atoms with Gasteiger partial charge in [0.25, 0.3) is 0 Å². The van der Waals surface area contributed by atoms with E-state index >= 15 is 0 Å². The predicted octanol–water partition coefficient (Wildman–Crippen LogP) is 6.32. The average molecular weight is 450 g/mol. The number of benzene rings is 2. The van der Waals surface area contributed by atoms with Gasteiger partial charge in [-0.05, 0) is 62.0 Å². The minimum Gasteiger partial charge on any atom is -0.474 e. The van der Waals surface area contributed by atoms with Gasteiger partial charge in [0.1, 0.15) is 17.2 Å². The van der Waals surface area contributed by atoms with Crippen molar-refractivity contribution in [3.8, 4) is 0 Å². The summed E-state index contributed by atoms with van der Waals surface area (Å²) < 4.78 is 83.9. The van der Waals surface area contributed by atoms with Crippen LogP contribution in [0.2, 0.25) is 0 Å². The third-order valence-corrected chi connectivity index (χ3v) is 4.30. The zero-order chi connectivity index (χ0) is 22.5. The summed E-state index contributed by atoms with van der Waals surface area (Å²) in [4.78, 5) is 15.6. The number of carbonyl (C=O) groups is 1. The maximum Gasteiger partial charge on any atom is 0.357 e. The number of nitrogens with one attached hydrogen (secondary N) is 1. The number of hydrogen-bond acceptors (Lipinski definition) is 3. The smallest absolute Gasteiger partial charge is 0.357 e. The molecule has 2 rings (SSSR count). The SMILES string of the molecule is CC(C)OC(=NC(=O)Nc1ccc(SC(F)(F)C(F)F)cc1)c1c(F)cccc1F. The number of aliphatic imine (C=N–C) groups is 1. The normalized spacial score (nSPS) is 12.4. The Labute approximate surface area is 172 Å². The van der Waals surface area contributed by atoms with Crippen molar-refractivity contribution < 1.29 is 35.9 Å². The molecular formula is C19H16F6N2O2S. The molecule has 0 unspecified atom stereocenters. The first kappa shape index (κ1) is 23.6. The van der Waals surface area contributed by atoms with E-state index in [1.165, 1.54) is 12.1 Å². The van der Waals surface area contributed by atoms with E-state index in [1.807, 2.05) is 0 Å². The first-order valence-electron chi connectivity index (χ1n) is 8.45. The van der Waals surface area contributed by atoms with Crippen molar-refractivity contribution in [2.75, 3.05) is 5.32 Å². The number of thioether (sulfide) groups is 1. The second-order valence-corrected chi connectivity index (χ2v) is 7.32. The second kappa shape index (κ2) is 9.88.